The van der Waals surface area contributed by atoms with Gasteiger partial charge in [-0.25, -0.2) is 0 Å². The highest BCUT2D eigenvalue weighted by Crippen LogP contribution is 2.17. The molecule has 0 radical (unpaired) electrons. The van der Waals surface area contributed by atoms with Crippen molar-refractivity contribution >= 4 is 0 Å². The van der Waals surface area contributed by atoms with E-state index in [0.29, 0.717) is 0 Å². The minimum absolute atomic E-state index is 0.0509. The van der Waals surface area contributed by atoms with E-state index in [1.807, 2.05) is 6.92 Å². The lowest BCUT2D eigenvalue weighted by Crippen LogP contribution is -2.35. The van der Waals surface area contributed by atoms with Crippen molar-refractivity contribution < 1.29 is 5.11 Å². The van der Waals surface area contributed by atoms with Crippen LogP contribution in [-0.2, 0) is 13.2 Å². The van der Waals surface area contributed by atoms with E-state index in [2.05, 4.69) is 38.0 Å². The SMILES string of the molecule is Cc1ncc(CO)c(CNC(C)(C)C)c1C. The average Bonchev–Trinajstić information content (AvgIpc) is 2.19. The molecule has 0 fully saturated rings. The molecule has 0 atom stereocenters. The number of aliphatic hydroxyl groups excluding tert-OH is 1. The van der Waals surface area contributed by atoms with Gasteiger partial charge in [-0.2, -0.15) is 0 Å². The summed E-state index contributed by atoms with van der Waals surface area (Å²) in [6.45, 7) is 11.3. The molecular formula is C13H22N2O. The smallest absolute Gasteiger partial charge is 0.0700 e. The maximum Gasteiger partial charge on any atom is 0.0700 e. The quantitative estimate of drug-likeness (QED) is 0.823. The highest BCUT2D eigenvalue weighted by atomic mass is 16.3. The summed E-state index contributed by atoms with van der Waals surface area (Å²) in [6.07, 6.45) is 1.77. The summed E-state index contributed by atoms with van der Waals surface area (Å²) in [7, 11) is 0. The van der Waals surface area contributed by atoms with Crippen LogP contribution < -0.4 is 5.32 Å². The van der Waals surface area contributed by atoms with Crippen molar-refractivity contribution in [1.29, 1.82) is 0 Å². The van der Waals surface area contributed by atoms with E-state index < -0.39 is 0 Å². The number of nitrogens with zero attached hydrogens (tertiary/aromatic N) is 1. The fourth-order valence-electron chi connectivity index (χ4n) is 1.54. The molecule has 90 valence electrons. The summed E-state index contributed by atoms with van der Waals surface area (Å²) in [4.78, 5) is 4.27. The first-order valence-electron chi connectivity index (χ1n) is 5.65. The number of hydrogen-bond donors (Lipinski definition) is 2. The third kappa shape index (κ3) is 3.29. The lowest BCUT2D eigenvalue weighted by molar-refractivity contribution is 0.279. The van der Waals surface area contributed by atoms with Gasteiger partial charge in [0.2, 0.25) is 0 Å². The molecule has 0 saturated carbocycles. The fraction of sp³-hybridized carbons (Fsp3) is 0.615. The van der Waals surface area contributed by atoms with E-state index in [0.717, 1.165) is 17.8 Å². The predicted octanol–water partition coefficient (Wildman–Crippen LogP) is 2.08. The van der Waals surface area contributed by atoms with E-state index >= 15 is 0 Å². The molecule has 1 aromatic heterocycles. The Morgan fingerprint density at radius 2 is 1.94 bits per heavy atom. The second kappa shape index (κ2) is 4.93. The normalized spacial score (nSPS) is 11.9. The standard InChI is InChI=1S/C13H22N2O/c1-9-10(2)14-6-11(8-16)12(9)7-15-13(3,4)5/h6,15-16H,7-8H2,1-5H3. The van der Waals surface area contributed by atoms with Crippen molar-refractivity contribution in [3.63, 3.8) is 0 Å². The van der Waals surface area contributed by atoms with Crippen LogP contribution in [0.25, 0.3) is 0 Å². The van der Waals surface area contributed by atoms with E-state index in [1.54, 1.807) is 6.20 Å². The van der Waals surface area contributed by atoms with Crippen LogP contribution in [0.3, 0.4) is 0 Å². The maximum atomic E-state index is 9.30. The molecule has 0 amide bonds. The Morgan fingerprint density at radius 1 is 1.31 bits per heavy atom. The summed E-state index contributed by atoms with van der Waals surface area (Å²) in [6, 6.07) is 0. The first-order chi connectivity index (χ1) is 7.35. The Hall–Kier alpha value is -0.930. The van der Waals surface area contributed by atoms with Gasteiger partial charge in [0, 0.05) is 29.5 Å². The van der Waals surface area contributed by atoms with Gasteiger partial charge in [0.15, 0.2) is 0 Å². The Morgan fingerprint density at radius 3 is 2.44 bits per heavy atom. The number of pyridine rings is 1. The van der Waals surface area contributed by atoms with Crippen LogP contribution in [0, 0.1) is 13.8 Å². The molecular weight excluding hydrogens is 200 g/mol. The number of aryl methyl sites for hydroxylation is 1. The van der Waals surface area contributed by atoms with Gasteiger partial charge in [-0.1, -0.05) is 0 Å². The van der Waals surface area contributed by atoms with Gasteiger partial charge in [-0.05, 0) is 45.7 Å². The molecule has 1 rings (SSSR count). The summed E-state index contributed by atoms with van der Waals surface area (Å²) in [5.41, 5.74) is 4.37. The van der Waals surface area contributed by atoms with Crippen molar-refractivity contribution in [2.75, 3.05) is 0 Å². The Labute approximate surface area is 97.9 Å². The maximum absolute atomic E-state index is 9.30. The lowest BCUT2D eigenvalue weighted by atomic mass is 10.0. The molecule has 16 heavy (non-hydrogen) atoms. The van der Waals surface area contributed by atoms with Crippen LogP contribution in [-0.4, -0.2) is 15.6 Å². The highest BCUT2D eigenvalue weighted by Gasteiger charge is 2.13. The first kappa shape index (κ1) is 13.1. The molecule has 0 spiro atoms. The van der Waals surface area contributed by atoms with Gasteiger partial charge in [0.1, 0.15) is 0 Å². The molecule has 0 bridgehead atoms. The molecule has 3 nitrogen and oxygen atoms in total. The zero-order chi connectivity index (χ0) is 12.3. The molecule has 1 heterocycles. The van der Waals surface area contributed by atoms with Crippen molar-refractivity contribution in [2.45, 2.75) is 53.3 Å². The average molecular weight is 222 g/mol. The third-order valence-corrected chi connectivity index (χ3v) is 2.76. The van der Waals surface area contributed by atoms with Gasteiger partial charge in [-0.3, -0.25) is 4.98 Å². The van der Waals surface area contributed by atoms with E-state index in [-0.39, 0.29) is 12.1 Å². The molecule has 0 unspecified atom stereocenters. The van der Waals surface area contributed by atoms with E-state index in [1.165, 1.54) is 11.1 Å². The van der Waals surface area contributed by atoms with E-state index in [4.69, 9.17) is 0 Å². The largest absolute Gasteiger partial charge is 0.392 e. The number of nitrogens with one attached hydrogen (secondary N) is 1. The minimum atomic E-state index is 0.0509. The van der Waals surface area contributed by atoms with Crippen LogP contribution in [0.2, 0.25) is 0 Å². The van der Waals surface area contributed by atoms with Crippen molar-refractivity contribution in [3.8, 4) is 0 Å². The van der Waals surface area contributed by atoms with E-state index in [9.17, 15) is 5.11 Å². The predicted molar refractivity (Wildman–Crippen MR) is 66.2 cm³/mol. The van der Waals surface area contributed by atoms with Crippen LogP contribution in [0.5, 0.6) is 0 Å². The van der Waals surface area contributed by atoms with Gasteiger partial charge in [-0.15, -0.1) is 0 Å². The summed E-state index contributed by atoms with van der Waals surface area (Å²) in [5.74, 6) is 0. The lowest BCUT2D eigenvalue weighted by Gasteiger charge is -2.22. The zero-order valence-electron chi connectivity index (χ0n) is 10.9. The van der Waals surface area contributed by atoms with Gasteiger partial charge >= 0.3 is 0 Å². The van der Waals surface area contributed by atoms with Crippen LogP contribution in [0.4, 0.5) is 0 Å². The molecule has 0 aromatic carbocycles. The van der Waals surface area contributed by atoms with Crippen molar-refractivity contribution in [3.05, 3.63) is 28.6 Å². The molecule has 1 aromatic rings. The van der Waals surface area contributed by atoms with Crippen LogP contribution in [0.1, 0.15) is 43.2 Å². The molecule has 0 saturated heterocycles. The topological polar surface area (TPSA) is 45.2 Å². The zero-order valence-corrected chi connectivity index (χ0v) is 10.9. The van der Waals surface area contributed by atoms with Crippen LogP contribution >= 0.6 is 0 Å². The van der Waals surface area contributed by atoms with Crippen molar-refractivity contribution in [1.82, 2.24) is 10.3 Å². The third-order valence-electron chi connectivity index (χ3n) is 2.76. The summed E-state index contributed by atoms with van der Waals surface area (Å²) < 4.78 is 0. The molecule has 2 N–H and O–H groups in total. The number of hydrogen-bond acceptors (Lipinski definition) is 3. The van der Waals surface area contributed by atoms with Gasteiger partial charge < -0.3 is 10.4 Å². The molecule has 0 aliphatic heterocycles. The van der Waals surface area contributed by atoms with Crippen LogP contribution in [0.15, 0.2) is 6.20 Å². The number of aromatic nitrogens is 1. The molecule has 0 aliphatic carbocycles. The Bertz CT molecular complexity index is 367. The first-order valence-corrected chi connectivity index (χ1v) is 5.65. The summed E-state index contributed by atoms with van der Waals surface area (Å²) in [5, 5.41) is 12.7. The van der Waals surface area contributed by atoms with Crippen molar-refractivity contribution in [2.24, 2.45) is 0 Å². The number of aliphatic hydroxyl groups is 1. The second-order valence-electron chi connectivity index (χ2n) is 5.23. The highest BCUT2D eigenvalue weighted by molar-refractivity contribution is 5.34. The molecule has 3 heteroatoms. The fourth-order valence-corrected chi connectivity index (χ4v) is 1.54. The van der Waals surface area contributed by atoms with Gasteiger partial charge in [0.05, 0.1) is 6.61 Å². The minimum Gasteiger partial charge on any atom is -0.392 e. The number of rotatable bonds is 3. The Balaban J connectivity index is 2.97. The summed E-state index contributed by atoms with van der Waals surface area (Å²) >= 11 is 0. The second-order valence-corrected chi connectivity index (χ2v) is 5.23. The Kier molecular flexibility index (Phi) is 4.05. The molecule has 0 aliphatic rings. The monoisotopic (exact) mass is 222 g/mol. The van der Waals surface area contributed by atoms with Gasteiger partial charge in [0.25, 0.3) is 0 Å².